The fraction of sp³-hybridized carbons (Fsp3) is 0.579. The lowest BCUT2D eigenvalue weighted by Gasteiger charge is -2.25. The zero-order chi connectivity index (χ0) is 18.9. The van der Waals surface area contributed by atoms with Crippen LogP contribution in [0.5, 0.6) is 5.75 Å². The summed E-state index contributed by atoms with van der Waals surface area (Å²) in [5, 5.41) is 7.18. The third-order valence-corrected chi connectivity index (χ3v) is 4.78. The second-order valence-electron chi connectivity index (χ2n) is 6.75. The molecule has 0 aromatic heterocycles. The number of hydrogen-bond donors (Lipinski definition) is 2. The quantitative estimate of drug-likeness (QED) is 0.588. The van der Waals surface area contributed by atoms with Gasteiger partial charge in [0.1, 0.15) is 5.75 Å². The summed E-state index contributed by atoms with van der Waals surface area (Å²) in [6.45, 7) is 0.691. The zero-order valence-corrected chi connectivity index (χ0v) is 16.6. The van der Waals surface area contributed by atoms with E-state index in [1.165, 1.54) is 19.3 Å². The van der Waals surface area contributed by atoms with Gasteiger partial charge in [0.25, 0.3) is 0 Å². The molecule has 1 fully saturated rings. The number of likely N-dealkylation sites (N-methyl/N-ethyl adjacent to an activating group) is 1. The molecule has 1 aromatic rings. The van der Waals surface area contributed by atoms with Crippen molar-refractivity contribution in [3.63, 3.8) is 0 Å². The first-order valence-corrected chi connectivity index (χ1v) is 9.45. The van der Waals surface area contributed by atoms with Gasteiger partial charge in [-0.1, -0.05) is 36.9 Å². The molecule has 2 N–H and O–H groups in total. The van der Waals surface area contributed by atoms with Gasteiger partial charge < -0.3 is 20.3 Å². The molecule has 0 heterocycles. The van der Waals surface area contributed by atoms with E-state index in [1.807, 2.05) is 18.2 Å². The van der Waals surface area contributed by atoms with Gasteiger partial charge in [0.05, 0.1) is 25.2 Å². The predicted molar refractivity (Wildman–Crippen MR) is 106 cm³/mol. The molecule has 0 unspecified atom stereocenters. The highest BCUT2D eigenvalue weighted by atomic mass is 35.5. The first-order chi connectivity index (χ1) is 12.5. The summed E-state index contributed by atoms with van der Waals surface area (Å²) in [6.07, 6.45) is 6.03. The normalized spacial score (nSPS) is 15.5. The number of carbonyl (C=O) groups excluding carboxylic acids is 1. The summed E-state index contributed by atoms with van der Waals surface area (Å²) in [7, 11) is 5.08. The SMILES string of the molecule is COc1ccc(CN=C(NCC(=O)N(C)C)NC2CCCCC2)cc1Cl. The Hall–Kier alpha value is -1.95. The molecule has 144 valence electrons. The number of guanidine groups is 1. The minimum Gasteiger partial charge on any atom is -0.495 e. The van der Waals surface area contributed by atoms with Gasteiger partial charge in [0.15, 0.2) is 5.96 Å². The molecule has 1 aromatic carbocycles. The molecule has 0 spiro atoms. The van der Waals surface area contributed by atoms with Crippen molar-refractivity contribution < 1.29 is 9.53 Å². The Kier molecular flexibility index (Phi) is 8.04. The largest absolute Gasteiger partial charge is 0.495 e. The first-order valence-electron chi connectivity index (χ1n) is 9.07. The van der Waals surface area contributed by atoms with Crippen molar-refractivity contribution in [3.05, 3.63) is 28.8 Å². The molecule has 6 nitrogen and oxygen atoms in total. The number of aliphatic imine (C=N–C) groups is 1. The number of nitrogens with one attached hydrogen (secondary N) is 2. The summed E-state index contributed by atoms with van der Waals surface area (Å²) in [6, 6.07) is 6.04. The Labute approximate surface area is 161 Å². The van der Waals surface area contributed by atoms with Crippen molar-refractivity contribution in [2.45, 2.75) is 44.7 Å². The number of hydrogen-bond acceptors (Lipinski definition) is 3. The van der Waals surface area contributed by atoms with Crippen LogP contribution >= 0.6 is 11.6 Å². The van der Waals surface area contributed by atoms with E-state index in [0.29, 0.717) is 29.3 Å². The third-order valence-electron chi connectivity index (χ3n) is 4.49. The van der Waals surface area contributed by atoms with Crippen LogP contribution < -0.4 is 15.4 Å². The van der Waals surface area contributed by atoms with E-state index in [0.717, 1.165) is 18.4 Å². The summed E-state index contributed by atoms with van der Waals surface area (Å²) in [5.74, 6) is 1.32. The molecule has 0 atom stereocenters. The van der Waals surface area contributed by atoms with Crippen molar-refractivity contribution in [1.29, 1.82) is 0 Å². The van der Waals surface area contributed by atoms with Crippen LogP contribution in [0.4, 0.5) is 0 Å². The van der Waals surface area contributed by atoms with Gasteiger partial charge in [-0.15, -0.1) is 0 Å². The van der Waals surface area contributed by atoms with E-state index >= 15 is 0 Å². The Morgan fingerprint density at radius 1 is 1.31 bits per heavy atom. The number of rotatable bonds is 6. The maximum Gasteiger partial charge on any atom is 0.241 e. The van der Waals surface area contributed by atoms with E-state index in [9.17, 15) is 4.79 Å². The minimum absolute atomic E-state index is 0.00985. The maximum atomic E-state index is 11.9. The van der Waals surface area contributed by atoms with Gasteiger partial charge in [-0.3, -0.25) is 4.79 Å². The van der Waals surface area contributed by atoms with Crippen LogP contribution in [0.3, 0.4) is 0 Å². The van der Waals surface area contributed by atoms with Gasteiger partial charge in [-0.05, 0) is 30.5 Å². The van der Waals surface area contributed by atoms with Crippen molar-refractivity contribution in [2.75, 3.05) is 27.7 Å². The zero-order valence-electron chi connectivity index (χ0n) is 15.8. The van der Waals surface area contributed by atoms with E-state index in [1.54, 1.807) is 26.1 Å². The Morgan fingerprint density at radius 3 is 2.65 bits per heavy atom. The average molecular weight is 381 g/mol. The summed E-state index contributed by atoms with van der Waals surface area (Å²) in [5.41, 5.74) is 0.986. The fourth-order valence-electron chi connectivity index (χ4n) is 2.89. The van der Waals surface area contributed by atoms with Crippen LogP contribution in [0.25, 0.3) is 0 Å². The predicted octanol–water partition coefficient (Wildman–Crippen LogP) is 2.80. The molecule has 0 saturated heterocycles. The van der Waals surface area contributed by atoms with Crippen LogP contribution in [-0.4, -0.2) is 50.6 Å². The van der Waals surface area contributed by atoms with Crippen LogP contribution in [-0.2, 0) is 11.3 Å². The molecule has 0 aliphatic heterocycles. The molecule has 1 aliphatic carbocycles. The van der Waals surface area contributed by atoms with Gasteiger partial charge in [0, 0.05) is 20.1 Å². The summed E-state index contributed by atoms with van der Waals surface area (Å²) < 4.78 is 5.18. The molecule has 2 rings (SSSR count). The van der Waals surface area contributed by atoms with Crippen LogP contribution in [0.1, 0.15) is 37.7 Å². The van der Waals surface area contributed by atoms with Gasteiger partial charge in [-0.2, -0.15) is 0 Å². The first kappa shape index (κ1) is 20.4. The molecule has 1 amide bonds. The number of nitrogens with zero attached hydrogens (tertiary/aromatic N) is 2. The number of carbonyl (C=O) groups is 1. The average Bonchev–Trinajstić information content (AvgIpc) is 2.64. The van der Waals surface area contributed by atoms with Gasteiger partial charge in [0.2, 0.25) is 5.91 Å². The fourth-order valence-corrected chi connectivity index (χ4v) is 3.17. The Morgan fingerprint density at radius 2 is 2.04 bits per heavy atom. The summed E-state index contributed by atoms with van der Waals surface area (Å²) >= 11 is 6.18. The molecule has 1 saturated carbocycles. The molecule has 7 heteroatoms. The summed E-state index contributed by atoms with van der Waals surface area (Å²) in [4.78, 5) is 18.1. The smallest absolute Gasteiger partial charge is 0.241 e. The standard InChI is InChI=1S/C19H29ClN4O2/c1-24(2)18(25)13-22-19(23-15-7-5-4-6-8-15)21-12-14-9-10-17(26-3)16(20)11-14/h9-11,15H,4-8,12-13H2,1-3H3,(H2,21,22,23). The molecule has 0 bridgehead atoms. The highest BCUT2D eigenvalue weighted by molar-refractivity contribution is 6.32. The highest BCUT2D eigenvalue weighted by Gasteiger charge is 2.15. The van der Waals surface area contributed by atoms with Crippen molar-refractivity contribution >= 4 is 23.5 Å². The van der Waals surface area contributed by atoms with E-state index in [4.69, 9.17) is 16.3 Å². The van der Waals surface area contributed by atoms with Crippen LogP contribution in [0, 0.1) is 0 Å². The molecule has 26 heavy (non-hydrogen) atoms. The lowest BCUT2D eigenvalue weighted by Crippen LogP contribution is -2.47. The van der Waals surface area contributed by atoms with E-state index in [-0.39, 0.29) is 12.5 Å². The van der Waals surface area contributed by atoms with Gasteiger partial charge in [-0.25, -0.2) is 4.99 Å². The maximum absolute atomic E-state index is 11.9. The van der Waals surface area contributed by atoms with Gasteiger partial charge >= 0.3 is 0 Å². The van der Waals surface area contributed by atoms with E-state index in [2.05, 4.69) is 15.6 Å². The minimum atomic E-state index is 0.00985. The van der Waals surface area contributed by atoms with Crippen LogP contribution in [0.15, 0.2) is 23.2 Å². The molecular formula is C19H29ClN4O2. The molecule has 1 aliphatic rings. The molecule has 0 radical (unpaired) electrons. The second kappa shape index (κ2) is 10.3. The van der Waals surface area contributed by atoms with Crippen molar-refractivity contribution in [1.82, 2.24) is 15.5 Å². The highest BCUT2D eigenvalue weighted by Crippen LogP contribution is 2.25. The Balaban J connectivity index is 2.03. The van der Waals surface area contributed by atoms with Crippen LogP contribution in [0.2, 0.25) is 5.02 Å². The Bertz CT molecular complexity index is 628. The number of halogens is 1. The lowest BCUT2D eigenvalue weighted by atomic mass is 9.96. The number of methoxy groups -OCH3 is 1. The van der Waals surface area contributed by atoms with Crippen molar-refractivity contribution in [3.8, 4) is 5.75 Å². The lowest BCUT2D eigenvalue weighted by molar-refractivity contribution is -0.127. The van der Waals surface area contributed by atoms with Crippen molar-refractivity contribution in [2.24, 2.45) is 4.99 Å². The van der Waals surface area contributed by atoms with E-state index < -0.39 is 0 Å². The monoisotopic (exact) mass is 380 g/mol. The number of ether oxygens (including phenoxy) is 1. The third kappa shape index (κ3) is 6.41. The number of amides is 1. The molecular weight excluding hydrogens is 352 g/mol. The second-order valence-corrected chi connectivity index (χ2v) is 7.16. The number of benzene rings is 1. The topological polar surface area (TPSA) is 66.0 Å².